The standard InChI is InChI=1S/C17H19N5/c1-14-9-19-22(10-14)17-12-20(13-17)11-15-3-5-16(6-4-15)21-8-2-7-18-21/h2-10,17H,11-13H2,1H3. The average molecular weight is 293 g/mol. The van der Waals surface area contributed by atoms with E-state index < -0.39 is 0 Å². The Labute approximate surface area is 129 Å². The van der Waals surface area contributed by atoms with E-state index in [4.69, 9.17) is 0 Å². The topological polar surface area (TPSA) is 38.9 Å². The van der Waals surface area contributed by atoms with Crippen molar-refractivity contribution in [1.82, 2.24) is 24.5 Å². The van der Waals surface area contributed by atoms with E-state index in [9.17, 15) is 0 Å². The van der Waals surface area contributed by atoms with E-state index in [2.05, 4.69) is 57.2 Å². The summed E-state index contributed by atoms with van der Waals surface area (Å²) in [4.78, 5) is 2.45. The van der Waals surface area contributed by atoms with Crippen LogP contribution in [0.1, 0.15) is 17.2 Å². The van der Waals surface area contributed by atoms with E-state index in [1.807, 2.05) is 23.1 Å². The normalized spacial score (nSPS) is 15.9. The molecule has 0 aliphatic carbocycles. The van der Waals surface area contributed by atoms with Gasteiger partial charge in [-0.15, -0.1) is 0 Å². The summed E-state index contributed by atoms with van der Waals surface area (Å²) in [6.07, 6.45) is 7.81. The van der Waals surface area contributed by atoms with Crippen LogP contribution in [-0.2, 0) is 6.54 Å². The van der Waals surface area contributed by atoms with Gasteiger partial charge in [0, 0.05) is 38.2 Å². The molecule has 0 spiro atoms. The fourth-order valence-electron chi connectivity index (χ4n) is 2.91. The third-order valence-electron chi connectivity index (χ3n) is 4.15. The van der Waals surface area contributed by atoms with Crippen LogP contribution in [0.15, 0.2) is 55.1 Å². The maximum atomic E-state index is 4.40. The zero-order chi connectivity index (χ0) is 14.9. The van der Waals surface area contributed by atoms with Crippen molar-refractivity contribution in [2.24, 2.45) is 0 Å². The first-order chi connectivity index (χ1) is 10.8. The van der Waals surface area contributed by atoms with Crippen molar-refractivity contribution < 1.29 is 0 Å². The lowest BCUT2D eigenvalue weighted by atomic mass is 10.1. The van der Waals surface area contributed by atoms with Gasteiger partial charge in [0.15, 0.2) is 0 Å². The molecule has 1 aromatic carbocycles. The molecule has 1 saturated heterocycles. The van der Waals surface area contributed by atoms with Crippen LogP contribution in [0.2, 0.25) is 0 Å². The summed E-state index contributed by atoms with van der Waals surface area (Å²) in [6.45, 7) is 5.22. The summed E-state index contributed by atoms with van der Waals surface area (Å²) in [5.41, 5.74) is 3.67. The Morgan fingerprint density at radius 2 is 1.95 bits per heavy atom. The second-order valence-corrected chi connectivity index (χ2v) is 5.96. The lowest BCUT2D eigenvalue weighted by Gasteiger charge is -2.39. The van der Waals surface area contributed by atoms with Gasteiger partial charge in [0.1, 0.15) is 0 Å². The monoisotopic (exact) mass is 293 g/mol. The summed E-state index contributed by atoms with van der Waals surface area (Å²) in [6, 6.07) is 11.1. The van der Waals surface area contributed by atoms with Crippen molar-refractivity contribution in [3.05, 3.63) is 66.2 Å². The lowest BCUT2D eigenvalue weighted by molar-refractivity contribution is 0.0909. The van der Waals surface area contributed by atoms with Crippen LogP contribution >= 0.6 is 0 Å². The zero-order valence-electron chi connectivity index (χ0n) is 12.6. The summed E-state index contributed by atoms with van der Waals surface area (Å²) in [5.74, 6) is 0. The van der Waals surface area contributed by atoms with Gasteiger partial charge in [-0.25, -0.2) is 4.68 Å². The maximum absolute atomic E-state index is 4.40. The summed E-state index contributed by atoms with van der Waals surface area (Å²) in [5, 5.41) is 8.65. The minimum absolute atomic E-state index is 0.525. The lowest BCUT2D eigenvalue weighted by Crippen LogP contribution is -2.47. The van der Waals surface area contributed by atoms with Gasteiger partial charge in [-0.3, -0.25) is 9.58 Å². The number of benzene rings is 1. The molecule has 112 valence electrons. The first kappa shape index (κ1) is 13.3. The van der Waals surface area contributed by atoms with E-state index in [1.165, 1.54) is 11.1 Å². The first-order valence-corrected chi connectivity index (χ1v) is 7.60. The highest BCUT2D eigenvalue weighted by atomic mass is 15.4. The van der Waals surface area contributed by atoms with Crippen molar-refractivity contribution in [3.8, 4) is 5.69 Å². The Morgan fingerprint density at radius 1 is 1.14 bits per heavy atom. The molecule has 1 aliphatic rings. The number of hydrogen-bond donors (Lipinski definition) is 0. The number of rotatable bonds is 4. The molecule has 5 nitrogen and oxygen atoms in total. The summed E-state index contributed by atoms with van der Waals surface area (Å²) < 4.78 is 3.97. The zero-order valence-corrected chi connectivity index (χ0v) is 12.6. The smallest absolute Gasteiger partial charge is 0.0773 e. The molecule has 1 aliphatic heterocycles. The Bertz CT molecular complexity index is 736. The molecule has 0 bridgehead atoms. The molecule has 0 amide bonds. The van der Waals surface area contributed by atoms with Crippen molar-refractivity contribution in [3.63, 3.8) is 0 Å². The molecule has 0 unspecified atom stereocenters. The molecule has 0 atom stereocenters. The van der Waals surface area contributed by atoms with Crippen molar-refractivity contribution in [2.75, 3.05) is 13.1 Å². The maximum Gasteiger partial charge on any atom is 0.0773 e. The van der Waals surface area contributed by atoms with Crippen LogP contribution in [0.25, 0.3) is 5.69 Å². The second-order valence-electron chi connectivity index (χ2n) is 5.96. The van der Waals surface area contributed by atoms with Crippen molar-refractivity contribution >= 4 is 0 Å². The Morgan fingerprint density at radius 3 is 2.59 bits per heavy atom. The number of aryl methyl sites for hydroxylation is 1. The van der Waals surface area contributed by atoms with Gasteiger partial charge in [0.2, 0.25) is 0 Å². The second kappa shape index (κ2) is 5.42. The highest BCUT2D eigenvalue weighted by molar-refractivity contribution is 5.33. The average Bonchev–Trinajstić information content (AvgIpc) is 3.14. The van der Waals surface area contributed by atoms with Crippen LogP contribution in [-0.4, -0.2) is 37.6 Å². The summed E-state index contributed by atoms with van der Waals surface area (Å²) >= 11 is 0. The Balaban J connectivity index is 1.35. The fourth-order valence-corrected chi connectivity index (χ4v) is 2.91. The van der Waals surface area contributed by atoms with Crippen LogP contribution in [0, 0.1) is 6.92 Å². The molecule has 5 heteroatoms. The minimum atomic E-state index is 0.525. The number of aromatic nitrogens is 4. The first-order valence-electron chi connectivity index (χ1n) is 7.60. The highest BCUT2D eigenvalue weighted by Crippen LogP contribution is 2.23. The molecular weight excluding hydrogens is 274 g/mol. The molecule has 3 heterocycles. The van der Waals surface area contributed by atoms with Gasteiger partial charge in [0.05, 0.1) is 17.9 Å². The summed E-state index contributed by atoms with van der Waals surface area (Å²) in [7, 11) is 0. The van der Waals surface area contributed by atoms with E-state index in [1.54, 1.807) is 6.20 Å². The quantitative estimate of drug-likeness (QED) is 0.741. The van der Waals surface area contributed by atoms with Crippen LogP contribution in [0.4, 0.5) is 0 Å². The Kier molecular flexibility index (Phi) is 3.27. The molecule has 2 aromatic heterocycles. The largest absolute Gasteiger partial charge is 0.295 e. The molecule has 0 saturated carbocycles. The predicted octanol–water partition coefficient (Wildman–Crippen LogP) is 2.43. The van der Waals surface area contributed by atoms with Gasteiger partial charge in [-0.2, -0.15) is 10.2 Å². The SMILES string of the molecule is Cc1cnn(C2CN(Cc3ccc(-n4cccn4)cc3)C2)c1. The molecule has 22 heavy (non-hydrogen) atoms. The van der Waals surface area contributed by atoms with Gasteiger partial charge in [0.25, 0.3) is 0 Å². The number of likely N-dealkylation sites (tertiary alicyclic amines) is 1. The molecule has 4 rings (SSSR count). The van der Waals surface area contributed by atoms with Crippen molar-refractivity contribution in [2.45, 2.75) is 19.5 Å². The van der Waals surface area contributed by atoms with E-state index >= 15 is 0 Å². The molecule has 0 radical (unpaired) electrons. The Hall–Kier alpha value is -2.40. The molecule has 3 aromatic rings. The third kappa shape index (κ3) is 2.55. The molecule has 1 fully saturated rings. The van der Waals surface area contributed by atoms with Crippen molar-refractivity contribution in [1.29, 1.82) is 0 Å². The van der Waals surface area contributed by atoms with E-state index in [-0.39, 0.29) is 0 Å². The third-order valence-corrected chi connectivity index (χ3v) is 4.15. The van der Waals surface area contributed by atoms with Crippen LogP contribution in [0.5, 0.6) is 0 Å². The predicted molar refractivity (Wildman–Crippen MR) is 84.8 cm³/mol. The van der Waals surface area contributed by atoms with Gasteiger partial charge < -0.3 is 0 Å². The number of nitrogens with zero attached hydrogens (tertiary/aromatic N) is 5. The molecular formula is C17H19N5. The van der Waals surface area contributed by atoms with Gasteiger partial charge >= 0.3 is 0 Å². The van der Waals surface area contributed by atoms with Gasteiger partial charge in [-0.1, -0.05) is 12.1 Å². The fraction of sp³-hybridized carbons (Fsp3) is 0.294. The number of hydrogen-bond acceptors (Lipinski definition) is 3. The van der Waals surface area contributed by atoms with E-state index in [0.717, 1.165) is 25.3 Å². The highest BCUT2D eigenvalue weighted by Gasteiger charge is 2.28. The molecule has 0 N–H and O–H groups in total. The van der Waals surface area contributed by atoms with Crippen LogP contribution < -0.4 is 0 Å². The van der Waals surface area contributed by atoms with Gasteiger partial charge in [-0.05, 0) is 36.2 Å². The van der Waals surface area contributed by atoms with Crippen LogP contribution in [0.3, 0.4) is 0 Å². The minimum Gasteiger partial charge on any atom is -0.295 e. The van der Waals surface area contributed by atoms with E-state index in [0.29, 0.717) is 6.04 Å².